The molecule has 0 saturated carbocycles. The molecule has 3 heterocycles. The van der Waals surface area contributed by atoms with Crippen molar-refractivity contribution >= 4 is 17.4 Å². The van der Waals surface area contributed by atoms with Gasteiger partial charge < -0.3 is 15.1 Å². The summed E-state index contributed by atoms with van der Waals surface area (Å²) in [7, 11) is 0. The minimum atomic E-state index is -0.388. The summed E-state index contributed by atoms with van der Waals surface area (Å²) in [6.45, 7) is 11.2. The zero-order valence-corrected chi connectivity index (χ0v) is 19.4. The van der Waals surface area contributed by atoms with E-state index in [2.05, 4.69) is 46.1 Å². The molecule has 172 valence electrons. The molecule has 0 unspecified atom stereocenters. The van der Waals surface area contributed by atoms with Gasteiger partial charge in [-0.1, -0.05) is 12.1 Å². The fourth-order valence-electron chi connectivity index (χ4n) is 4.66. The van der Waals surface area contributed by atoms with Crippen LogP contribution in [0.25, 0.3) is 0 Å². The Balaban J connectivity index is 1.39. The zero-order chi connectivity index (χ0) is 22.7. The molecular formula is C25H34FN5O. The summed E-state index contributed by atoms with van der Waals surface area (Å²) in [4.78, 5) is 23.9. The number of aromatic nitrogens is 1. The van der Waals surface area contributed by atoms with E-state index in [1.54, 1.807) is 11.0 Å². The molecule has 2 fully saturated rings. The smallest absolute Gasteiger partial charge is 0.321 e. The molecule has 2 aliphatic heterocycles. The van der Waals surface area contributed by atoms with Crippen molar-refractivity contribution in [1.29, 1.82) is 0 Å². The first-order valence-electron chi connectivity index (χ1n) is 11.7. The van der Waals surface area contributed by atoms with Gasteiger partial charge in [0.2, 0.25) is 0 Å². The molecule has 0 spiro atoms. The van der Waals surface area contributed by atoms with Gasteiger partial charge in [0.1, 0.15) is 11.5 Å². The third-order valence-electron chi connectivity index (χ3n) is 6.74. The lowest BCUT2D eigenvalue weighted by molar-refractivity contribution is 0.194. The summed E-state index contributed by atoms with van der Waals surface area (Å²) in [5.74, 6) is -0.0261. The summed E-state index contributed by atoms with van der Waals surface area (Å²) in [6, 6.07) is 9.48. The highest BCUT2D eigenvalue weighted by atomic mass is 19.1. The number of aryl methyl sites for hydroxylation is 1. The van der Waals surface area contributed by atoms with Crippen molar-refractivity contribution in [3.63, 3.8) is 0 Å². The van der Waals surface area contributed by atoms with Gasteiger partial charge in [0.05, 0.1) is 5.69 Å². The number of likely N-dealkylation sites (tertiary alicyclic amines) is 1. The van der Waals surface area contributed by atoms with E-state index in [0.717, 1.165) is 56.0 Å². The Morgan fingerprint density at radius 2 is 1.78 bits per heavy atom. The first kappa shape index (κ1) is 22.5. The number of benzene rings is 1. The van der Waals surface area contributed by atoms with Gasteiger partial charge in [0.15, 0.2) is 0 Å². The molecule has 1 N–H and O–H groups in total. The maximum atomic E-state index is 14.8. The van der Waals surface area contributed by atoms with Crippen LogP contribution < -0.4 is 10.2 Å². The number of nitrogens with one attached hydrogen (secondary N) is 1. The molecule has 0 aliphatic carbocycles. The number of rotatable bonds is 4. The van der Waals surface area contributed by atoms with Crippen molar-refractivity contribution in [3.05, 3.63) is 53.6 Å². The van der Waals surface area contributed by atoms with Crippen LogP contribution in [0.4, 0.5) is 20.6 Å². The number of pyridine rings is 1. The van der Waals surface area contributed by atoms with Gasteiger partial charge >= 0.3 is 6.03 Å². The average molecular weight is 440 g/mol. The highest BCUT2D eigenvalue weighted by Crippen LogP contribution is 2.31. The van der Waals surface area contributed by atoms with Crippen LogP contribution >= 0.6 is 0 Å². The van der Waals surface area contributed by atoms with Crippen LogP contribution in [0.2, 0.25) is 0 Å². The van der Waals surface area contributed by atoms with E-state index in [1.165, 1.54) is 6.07 Å². The number of piperidine rings is 1. The number of halogens is 1. The molecule has 6 nitrogen and oxygen atoms in total. The number of para-hydroxylation sites is 1. The summed E-state index contributed by atoms with van der Waals surface area (Å²) < 4.78 is 14.8. The number of nitrogens with zero attached hydrogens (tertiary/aromatic N) is 4. The SMILES string of the molecule is Cc1ccc(C2CCN(C(=O)Nc3c(F)cccc3N3CCN(C(C)C)CC3)CC2)nc1. The van der Waals surface area contributed by atoms with E-state index in [4.69, 9.17) is 0 Å². The van der Waals surface area contributed by atoms with Crippen molar-refractivity contribution in [2.75, 3.05) is 49.5 Å². The number of hydrogen-bond acceptors (Lipinski definition) is 4. The minimum Gasteiger partial charge on any atom is -0.367 e. The van der Waals surface area contributed by atoms with E-state index in [-0.39, 0.29) is 17.5 Å². The normalized spacial score (nSPS) is 18.3. The number of carbonyl (C=O) groups is 1. The molecule has 2 aromatic rings. The molecule has 7 heteroatoms. The molecular weight excluding hydrogens is 405 g/mol. The van der Waals surface area contributed by atoms with Gasteiger partial charge in [-0.25, -0.2) is 9.18 Å². The van der Waals surface area contributed by atoms with E-state index in [0.29, 0.717) is 25.0 Å². The van der Waals surface area contributed by atoms with Gasteiger partial charge in [-0.15, -0.1) is 0 Å². The Hall–Kier alpha value is -2.67. The molecule has 2 amide bonds. The van der Waals surface area contributed by atoms with Crippen LogP contribution in [0.5, 0.6) is 0 Å². The first-order valence-corrected chi connectivity index (χ1v) is 11.7. The quantitative estimate of drug-likeness (QED) is 0.764. The Labute approximate surface area is 190 Å². The zero-order valence-electron chi connectivity index (χ0n) is 19.4. The lowest BCUT2D eigenvalue weighted by Crippen LogP contribution is -2.49. The lowest BCUT2D eigenvalue weighted by atomic mass is 9.93. The molecule has 2 saturated heterocycles. The molecule has 0 bridgehead atoms. The molecule has 2 aliphatic rings. The maximum absolute atomic E-state index is 14.8. The topological polar surface area (TPSA) is 51.7 Å². The number of anilines is 2. The largest absolute Gasteiger partial charge is 0.367 e. The van der Waals surface area contributed by atoms with E-state index >= 15 is 0 Å². The predicted molar refractivity (Wildman–Crippen MR) is 127 cm³/mol. The first-order chi connectivity index (χ1) is 15.4. The van der Waals surface area contributed by atoms with E-state index < -0.39 is 0 Å². The van der Waals surface area contributed by atoms with Gasteiger partial charge in [-0.2, -0.15) is 0 Å². The second-order valence-electron chi connectivity index (χ2n) is 9.20. The summed E-state index contributed by atoms with van der Waals surface area (Å²) >= 11 is 0. The van der Waals surface area contributed by atoms with Gasteiger partial charge in [0.25, 0.3) is 0 Å². The molecule has 1 aromatic carbocycles. The van der Waals surface area contributed by atoms with E-state index in [1.807, 2.05) is 19.2 Å². The van der Waals surface area contributed by atoms with Crippen molar-refractivity contribution in [1.82, 2.24) is 14.8 Å². The fraction of sp³-hybridized carbons (Fsp3) is 0.520. The van der Waals surface area contributed by atoms with Crippen LogP contribution in [0.1, 0.15) is 43.9 Å². The maximum Gasteiger partial charge on any atom is 0.321 e. The predicted octanol–water partition coefficient (Wildman–Crippen LogP) is 4.47. The monoisotopic (exact) mass is 439 g/mol. The highest BCUT2D eigenvalue weighted by molar-refractivity contribution is 5.93. The number of urea groups is 1. The van der Waals surface area contributed by atoms with Crippen molar-refractivity contribution < 1.29 is 9.18 Å². The summed E-state index contributed by atoms with van der Waals surface area (Å²) in [5, 5.41) is 2.88. The number of hydrogen-bond donors (Lipinski definition) is 1. The third-order valence-corrected chi connectivity index (χ3v) is 6.74. The van der Waals surface area contributed by atoms with E-state index in [9.17, 15) is 9.18 Å². The summed E-state index contributed by atoms with van der Waals surface area (Å²) in [6.07, 6.45) is 3.63. The Morgan fingerprint density at radius 1 is 1.06 bits per heavy atom. The lowest BCUT2D eigenvalue weighted by Gasteiger charge is -2.39. The van der Waals surface area contributed by atoms with Crippen LogP contribution in [-0.4, -0.2) is 66.1 Å². The second-order valence-corrected chi connectivity index (χ2v) is 9.20. The second kappa shape index (κ2) is 9.86. The van der Waals surface area contributed by atoms with Crippen LogP contribution in [0, 0.1) is 12.7 Å². The van der Waals surface area contributed by atoms with Crippen molar-refractivity contribution in [2.45, 2.75) is 45.6 Å². The highest BCUT2D eigenvalue weighted by Gasteiger charge is 2.27. The minimum absolute atomic E-state index is 0.229. The Morgan fingerprint density at radius 3 is 2.41 bits per heavy atom. The molecule has 4 rings (SSSR count). The molecule has 0 radical (unpaired) electrons. The van der Waals surface area contributed by atoms with Gasteiger partial charge in [-0.3, -0.25) is 9.88 Å². The standard InChI is InChI=1S/C25H34FN5O/c1-18(2)29-13-15-30(16-14-29)23-6-4-5-21(26)24(23)28-25(32)31-11-9-20(10-12-31)22-8-7-19(3)17-27-22/h4-8,17-18,20H,9-16H2,1-3H3,(H,28,32). The van der Waals surface area contributed by atoms with Gasteiger partial charge in [0, 0.05) is 63.1 Å². The number of amides is 2. The third kappa shape index (κ3) is 5.04. The van der Waals surface area contributed by atoms with Crippen LogP contribution in [-0.2, 0) is 0 Å². The van der Waals surface area contributed by atoms with Gasteiger partial charge in [-0.05, 0) is 57.4 Å². The number of piperazine rings is 1. The van der Waals surface area contributed by atoms with Crippen LogP contribution in [0.3, 0.4) is 0 Å². The van der Waals surface area contributed by atoms with Crippen LogP contribution in [0.15, 0.2) is 36.5 Å². The fourth-order valence-corrected chi connectivity index (χ4v) is 4.66. The van der Waals surface area contributed by atoms with Crippen molar-refractivity contribution in [2.24, 2.45) is 0 Å². The molecule has 0 atom stereocenters. The van der Waals surface area contributed by atoms with Crippen molar-refractivity contribution in [3.8, 4) is 0 Å². The number of carbonyl (C=O) groups excluding carboxylic acids is 1. The molecule has 32 heavy (non-hydrogen) atoms. The Bertz CT molecular complexity index is 916. The summed E-state index contributed by atoms with van der Waals surface area (Å²) in [5.41, 5.74) is 3.29. The average Bonchev–Trinajstić information content (AvgIpc) is 2.81. The Kier molecular flexibility index (Phi) is 6.94. The molecule has 1 aromatic heterocycles.